The van der Waals surface area contributed by atoms with Crippen molar-refractivity contribution in [3.63, 3.8) is 0 Å². The average Bonchev–Trinajstić information content (AvgIpc) is 3.29. The number of nitrogens with one attached hydrogen (secondary N) is 2. The van der Waals surface area contributed by atoms with E-state index in [4.69, 9.17) is 4.74 Å². The Labute approximate surface area is 167 Å². The molecule has 0 saturated carbocycles. The molecule has 2 amide bonds. The molecule has 1 aliphatic rings. The molecule has 2 N–H and O–H groups in total. The number of aromatic amines is 1. The Morgan fingerprint density at radius 1 is 1.10 bits per heavy atom. The normalized spacial score (nSPS) is 16.3. The number of pyridine rings is 1. The first kappa shape index (κ1) is 18.7. The number of anilines is 1. The van der Waals surface area contributed by atoms with Crippen LogP contribution in [0, 0.1) is 0 Å². The maximum Gasteiger partial charge on any atom is 0.313 e. The fourth-order valence-corrected chi connectivity index (χ4v) is 3.42. The smallest absolute Gasteiger partial charge is 0.313 e. The first-order valence-corrected chi connectivity index (χ1v) is 9.46. The van der Waals surface area contributed by atoms with E-state index < -0.39 is 11.8 Å². The maximum atomic E-state index is 12.6. The van der Waals surface area contributed by atoms with Gasteiger partial charge in [-0.15, -0.1) is 0 Å². The van der Waals surface area contributed by atoms with E-state index in [1.54, 1.807) is 59.9 Å². The Balaban J connectivity index is 1.38. The van der Waals surface area contributed by atoms with Crippen molar-refractivity contribution >= 4 is 17.5 Å². The van der Waals surface area contributed by atoms with Crippen molar-refractivity contribution in [2.24, 2.45) is 0 Å². The number of benzene rings is 1. The van der Waals surface area contributed by atoms with Gasteiger partial charge in [0.05, 0.1) is 0 Å². The molecule has 1 unspecified atom stereocenters. The number of carbonyl (C=O) groups is 2. The summed E-state index contributed by atoms with van der Waals surface area (Å²) in [5.41, 5.74) is 1.49. The molecule has 1 aliphatic heterocycles. The molecule has 0 bridgehead atoms. The summed E-state index contributed by atoms with van der Waals surface area (Å²) in [7, 11) is 0. The van der Waals surface area contributed by atoms with Gasteiger partial charge in [0.2, 0.25) is 0 Å². The summed E-state index contributed by atoms with van der Waals surface area (Å²) in [6.07, 6.45) is 6.77. The second kappa shape index (κ2) is 8.55. The van der Waals surface area contributed by atoms with E-state index in [-0.39, 0.29) is 5.92 Å². The van der Waals surface area contributed by atoms with Crippen LogP contribution < -0.4 is 10.1 Å². The molecule has 1 saturated heterocycles. The highest BCUT2D eigenvalue weighted by atomic mass is 16.5. The van der Waals surface area contributed by atoms with E-state index in [1.165, 1.54) is 0 Å². The number of nitrogens with zero attached hydrogens (tertiary/aromatic N) is 3. The summed E-state index contributed by atoms with van der Waals surface area (Å²) in [4.78, 5) is 30.7. The van der Waals surface area contributed by atoms with Crippen LogP contribution in [0.2, 0.25) is 0 Å². The lowest BCUT2D eigenvalue weighted by Crippen LogP contribution is -2.44. The minimum Gasteiger partial charge on any atom is -0.457 e. The van der Waals surface area contributed by atoms with Crippen LogP contribution in [0.1, 0.15) is 24.5 Å². The van der Waals surface area contributed by atoms with Gasteiger partial charge in [-0.05, 0) is 43.2 Å². The number of amides is 2. The fourth-order valence-electron chi connectivity index (χ4n) is 3.42. The number of hydrogen-bond donors (Lipinski definition) is 2. The number of carbonyl (C=O) groups excluding carboxylic acids is 2. The molecule has 1 aromatic carbocycles. The Hall–Kier alpha value is -3.68. The lowest BCUT2D eigenvalue weighted by Gasteiger charge is -2.31. The molecule has 0 spiro atoms. The predicted octanol–water partition coefficient (Wildman–Crippen LogP) is 2.94. The molecule has 148 valence electrons. The second-order valence-electron chi connectivity index (χ2n) is 6.87. The molecule has 3 aromatic rings. The third kappa shape index (κ3) is 4.60. The van der Waals surface area contributed by atoms with Gasteiger partial charge in [-0.2, -0.15) is 5.10 Å². The summed E-state index contributed by atoms with van der Waals surface area (Å²) >= 11 is 0. The van der Waals surface area contributed by atoms with Crippen molar-refractivity contribution in [1.82, 2.24) is 20.1 Å². The van der Waals surface area contributed by atoms with Crippen molar-refractivity contribution in [1.29, 1.82) is 0 Å². The monoisotopic (exact) mass is 391 g/mol. The van der Waals surface area contributed by atoms with Gasteiger partial charge in [0.1, 0.15) is 11.5 Å². The first-order chi connectivity index (χ1) is 14.2. The number of H-pyrrole nitrogens is 1. The number of piperidine rings is 1. The van der Waals surface area contributed by atoms with E-state index in [0.29, 0.717) is 30.3 Å². The van der Waals surface area contributed by atoms with Crippen LogP contribution in [0.15, 0.2) is 61.1 Å². The Kier molecular flexibility index (Phi) is 5.51. The SMILES string of the molecule is O=C(Nc1cccc(Oc2ccncc2)c1)C(=O)N1CCCC(c2ccn[nH]2)C1. The highest BCUT2D eigenvalue weighted by Crippen LogP contribution is 2.26. The number of aromatic nitrogens is 3. The van der Waals surface area contributed by atoms with Crippen molar-refractivity contribution in [2.75, 3.05) is 18.4 Å². The Morgan fingerprint density at radius 3 is 2.76 bits per heavy atom. The van der Waals surface area contributed by atoms with Crippen LogP contribution in [-0.2, 0) is 9.59 Å². The van der Waals surface area contributed by atoms with E-state index in [2.05, 4.69) is 20.5 Å². The molecule has 29 heavy (non-hydrogen) atoms. The summed E-state index contributed by atoms with van der Waals surface area (Å²) in [5.74, 6) is 0.169. The molecule has 4 rings (SSSR count). The average molecular weight is 391 g/mol. The van der Waals surface area contributed by atoms with Gasteiger partial charge < -0.3 is 15.0 Å². The van der Waals surface area contributed by atoms with Gasteiger partial charge in [-0.25, -0.2) is 0 Å². The van der Waals surface area contributed by atoms with E-state index in [1.807, 2.05) is 6.07 Å². The number of rotatable bonds is 4. The molecule has 8 nitrogen and oxygen atoms in total. The fraction of sp³-hybridized carbons (Fsp3) is 0.238. The third-order valence-corrected chi connectivity index (χ3v) is 4.84. The first-order valence-electron chi connectivity index (χ1n) is 9.46. The quantitative estimate of drug-likeness (QED) is 0.666. The molecule has 3 heterocycles. The van der Waals surface area contributed by atoms with E-state index in [9.17, 15) is 9.59 Å². The van der Waals surface area contributed by atoms with Crippen LogP contribution in [0.5, 0.6) is 11.5 Å². The summed E-state index contributed by atoms with van der Waals surface area (Å²) in [6, 6.07) is 12.3. The van der Waals surface area contributed by atoms with Gasteiger partial charge >= 0.3 is 11.8 Å². The lowest BCUT2D eigenvalue weighted by atomic mass is 9.95. The van der Waals surface area contributed by atoms with E-state index >= 15 is 0 Å². The standard InChI is InChI=1S/C21H21N5O3/c27-20(21(28)26-12-2-3-15(14-26)19-8-11-23-25-19)24-16-4-1-5-18(13-16)29-17-6-9-22-10-7-17/h1,4-11,13,15H,2-3,12,14H2,(H,23,25)(H,24,27). The zero-order valence-corrected chi connectivity index (χ0v) is 15.7. The van der Waals surface area contributed by atoms with Crippen LogP contribution >= 0.6 is 0 Å². The molecule has 8 heteroatoms. The molecular formula is C21H21N5O3. The van der Waals surface area contributed by atoms with E-state index in [0.717, 1.165) is 18.5 Å². The summed E-state index contributed by atoms with van der Waals surface area (Å²) < 4.78 is 5.74. The number of hydrogen-bond acceptors (Lipinski definition) is 5. The lowest BCUT2D eigenvalue weighted by molar-refractivity contribution is -0.144. The van der Waals surface area contributed by atoms with Crippen LogP contribution in [0.4, 0.5) is 5.69 Å². The van der Waals surface area contributed by atoms with Gasteiger partial charge in [0, 0.05) is 55.0 Å². The topological polar surface area (TPSA) is 100 Å². The zero-order chi connectivity index (χ0) is 20.1. The summed E-state index contributed by atoms with van der Waals surface area (Å²) in [6.45, 7) is 1.07. The number of likely N-dealkylation sites (tertiary alicyclic amines) is 1. The van der Waals surface area contributed by atoms with Crippen LogP contribution in [-0.4, -0.2) is 45.0 Å². The molecule has 2 aromatic heterocycles. The van der Waals surface area contributed by atoms with Crippen molar-refractivity contribution < 1.29 is 14.3 Å². The van der Waals surface area contributed by atoms with Crippen molar-refractivity contribution in [3.8, 4) is 11.5 Å². The van der Waals surface area contributed by atoms with Gasteiger partial charge in [-0.1, -0.05) is 6.07 Å². The zero-order valence-electron chi connectivity index (χ0n) is 15.7. The van der Waals surface area contributed by atoms with Crippen LogP contribution in [0.25, 0.3) is 0 Å². The van der Waals surface area contributed by atoms with Crippen molar-refractivity contribution in [3.05, 3.63) is 66.7 Å². The minimum absolute atomic E-state index is 0.167. The minimum atomic E-state index is -0.656. The molecule has 0 aliphatic carbocycles. The third-order valence-electron chi connectivity index (χ3n) is 4.84. The van der Waals surface area contributed by atoms with Crippen molar-refractivity contribution in [2.45, 2.75) is 18.8 Å². The largest absolute Gasteiger partial charge is 0.457 e. The molecule has 1 fully saturated rings. The molecule has 0 radical (unpaired) electrons. The van der Waals surface area contributed by atoms with Gasteiger partial charge in [0.25, 0.3) is 0 Å². The van der Waals surface area contributed by atoms with Gasteiger partial charge in [0.15, 0.2) is 0 Å². The van der Waals surface area contributed by atoms with Crippen LogP contribution in [0.3, 0.4) is 0 Å². The second-order valence-corrected chi connectivity index (χ2v) is 6.87. The Bertz CT molecular complexity index is 975. The highest BCUT2D eigenvalue weighted by Gasteiger charge is 2.29. The molecule has 1 atom stereocenters. The maximum absolute atomic E-state index is 12.6. The predicted molar refractivity (Wildman–Crippen MR) is 107 cm³/mol. The molecular weight excluding hydrogens is 370 g/mol. The Morgan fingerprint density at radius 2 is 1.97 bits per heavy atom. The highest BCUT2D eigenvalue weighted by molar-refractivity contribution is 6.39. The van der Waals surface area contributed by atoms with Gasteiger partial charge in [-0.3, -0.25) is 19.7 Å². The summed E-state index contributed by atoms with van der Waals surface area (Å²) in [5, 5.41) is 9.60. The number of ether oxygens (including phenoxy) is 1.